The van der Waals surface area contributed by atoms with Gasteiger partial charge >= 0.3 is 0 Å². The molecule has 17 heavy (non-hydrogen) atoms. The van der Waals surface area contributed by atoms with Crippen molar-refractivity contribution >= 4 is 0 Å². The van der Waals surface area contributed by atoms with Crippen LogP contribution in [0.5, 0.6) is 0 Å². The first-order valence-corrected chi connectivity index (χ1v) is 6.85. The van der Waals surface area contributed by atoms with Crippen molar-refractivity contribution in [1.82, 2.24) is 0 Å². The second-order valence-corrected chi connectivity index (χ2v) is 5.86. The fourth-order valence-corrected chi connectivity index (χ4v) is 2.85. The van der Waals surface area contributed by atoms with Crippen molar-refractivity contribution in [1.29, 1.82) is 0 Å². The Kier molecular flexibility index (Phi) is 3.88. The summed E-state index contributed by atoms with van der Waals surface area (Å²) in [5.41, 5.74) is 2.83. The first-order chi connectivity index (χ1) is 8.08. The largest absolute Gasteiger partial charge is 0.393 e. The molecule has 1 aliphatic rings. The minimum absolute atomic E-state index is 0.0741. The van der Waals surface area contributed by atoms with E-state index in [0.717, 1.165) is 12.8 Å². The van der Waals surface area contributed by atoms with Gasteiger partial charge in [0, 0.05) is 0 Å². The van der Waals surface area contributed by atoms with E-state index in [2.05, 4.69) is 45.0 Å². The Morgan fingerprint density at radius 1 is 1.18 bits per heavy atom. The van der Waals surface area contributed by atoms with Gasteiger partial charge in [-0.3, -0.25) is 0 Å². The van der Waals surface area contributed by atoms with Crippen molar-refractivity contribution in [3.8, 4) is 0 Å². The summed E-state index contributed by atoms with van der Waals surface area (Å²) in [6.07, 6.45) is 3.20. The summed E-state index contributed by atoms with van der Waals surface area (Å²) in [4.78, 5) is 0. The number of hydrogen-bond acceptors (Lipinski definition) is 1. The van der Waals surface area contributed by atoms with E-state index in [1.165, 1.54) is 17.5 Å². The van der Waals surface area contributed by atoms with Crippen LogP contribution in [0.1, 0.15) is 50.7 Å². The van der Waals surface area contributed by atoms with E-state index in [1.807, 2.05) is 0 Å². The molecule has 0 amide bonds. The van der Waals surface area contributed by atoms with Gasteiger partial charge in [0.1, 0.15) is 0 Å². The molecule has 94 valence electrons. The number of benzene rings is 1. The van der Waals surface area contributed by atoms with Gasteiger partial charge in [-0.2, -0.15) is 0 Å². The Bertz CT molecular complexity index is 352. The van der Waals surface area contributed by atoms with Gasteiger partial charge < -0.3 is 5.11 Å². The topological polar surface area (TPSA) is 20.2 Å². The van der Waals surface area contributed by atoms with Gasteiger partial charge in [0.15, 0.2) is 0 Å². The number of hydrogen-bond donors (Lipinski definition) is 1. The van der Waals surface area contributed by atoms with Crippen molar-refractivity contribution < 1.29 is 5.11 Å². The number of rotatable bonds is 3. The molecule has 0 radical (unpaired) electrons. The average molecular weight is 232 g/mol. The van der Waals surface area contributed by atoms with E-state index in [9.17, 15) is 5.11 Å². The summed E-state index contributed by atoms with van der Waals surface area (Å²) in [6, 6.07) is 9.01. The minimum Gasteiger partial charge on any atom is -0.393 e. The van der Waals surface area contributed by atoms with Gasteiger partial charge in [-0.25, -0.2) is 0 Å². The predicted molar refractivity (Wildman–Crippen MR) is 72.1 cm³/mol. The molecule has 1 aromatic rings. The lowest BCUT2D eigenvalue weighted by Gasteiger charge is -2.17. The monoisotopic (exact) mass is 232 g/mol. The van der Waals surface area contributed by atoms with Crippen LogP contribution in [0.4, 0.5) is 0 Å². The quantitative estimate of drug-likeness (QED) is 0.841. The van der Waals surface area contributed by atoms with Gasteiger partial charge in [-0.15, -0.1) is 0 Å². The van der Waals surface area contributed by atoms with E-state index < -0.39 is 0 Å². The van der Waals surface area contributed by atoms with Crippen molar-refractivity contribution in [2.45, 2.75) is 52.1 Å². The SMILES string of the molecule is CC(C)c1ccc(CC2CCC(O)C2C)cc1. The maximum Gasteiger partial charge on any atom is 0.0568 e. The highest BCUT2D eigenvalue weighted by Gasteiger charge is 2.30. The van der Waals surface area contributed by atoms with Crippen molar-refractivity contribution in [3.63, 3.8) is 0 Å². The van der Waals surface area contributed by atoms with Crippen LogP contribution in [0, 0.1) is 11.8 Å². The lowest BCUT2D eigenvalue weighted by Crippen LogP contribution is -2.16. The molecule has 1 saturated carbocycles. The molecule has 2 rings (SSSR count). The average Bonchev–Trinajstić information content (AvgIpc) is 2.62. The molecular weight excluding hydrogens is 208 g/mol. The first kappa shape index (κ1) is 12.6. The van der Waals surface area contributed by atoms with E-state index in [0.29, 0.717) is 17.8 Å². The minimum atomic E-state index is -0.0741. The third-order valence-corrected chi connectivity index (χ3v) is 4.33. The molecule has 3 atom stereocenters. The summed E-state index contributed by atoms with van der Waals surface area (Å²) >= 11 is 0. The maximum absolute atomic E-state index is 9.76. The van der Waals surface area contributed by atoms with E-state index in [-0.39, 0.29) is 6.10 Å². The zero-order valence-electron chi connectivity index (χ0n) is 11.2. The Balaban J connectivity index is 1.99. The van der Waals surface area contributed by atoms with E-state index in [1.54, 1.807) is 0 Å². The molecule has 1 heteroatoms. The molecule has 0 bridgehead atoms. The van der Waals surface area contributed by atoms with Gasteiger partial charge in [-0.05, 0) is 48.1 Å². The summed E-state index contributed by atoms with van der Waals surface area (Å²) in [5.74, 6) is 1.73. The third kappa shape index (κ3) is 2.90. The van der Waals surface area contributed by atoms with Crippen LogP contribution in [0.25, 0.3) is 0 Å². The highest BCUT2D eigenvalue weighted by Crippen LogP contribution is 2.34. The van der Waals surface area contributed by atoms with Crippen molar-refractivity contribution in [2.75, 3.05) is 0 Å². The summed E-state index contributed by atoms with van der Waals surface area (Å²) in [6.45, 7) is 6.64. The van der Waals surface area contributed by atoms with Crippen LogP contribution < -0.4 is 0 Å². The molecule has 1 fully saturated rings. The fourth-order valence-electron chi connectivity index (χ4n) is 2.85. The van der Waals surface area contributed by atoms with Gasteiger partial charge in [0.2, 0.25) is 0 Å². The second kappa shape index (κ2) is 5.22. The Hall–Kier alpha value is -0.820. The molecule has 1 aliphatic carbocycles. The lowest BCUT2D eigenvalue weighted by atomic mass is 9.89. The summed E-state index contributed by atoms with van der Waals surface area (Å²) < 4.78 is 0. The number of aliphatic hydroxyl groups is 1. The van der Waals surface area contributed by atoms with Gasteiger partial charge in [0.25, 0.3) is 0 Å². The molecule has 0 aliphatic heterocycles. The Labute approximate surface area is 105 Å². The molecule has 3 unspecified atom stereocenters. The number of aliphatic hydroxyl groups excluding tert-OH is 1. The van der Waals surface area contributed by atoms with Gasteiger partial charge in [-0.1, -0.05) is 45.0 Å². The van der Waals surface area contributed by atoms with Crippen molar-refractivity contribution in [2.24, 2.45) is 11.8 Å². The fraction of sp³-hybridized carbons (Fsp3) is 0.625. The predicted octanol–water partition coefficient (Wildman–Crippen LogP) is 3.76. The highest BCUT2D eigenvalue weighted by atomic mass is 16.3. The van der Waals surface area contributed by atoms with Crippen LogP contribution in [-0.4, -0.2) is 11.2 Å². The molecule has 1 aromatic carbocycles. The molecule has 1 nitrogen and oxygen atoms in total. The van der Waals surface area contributed by atoms with Crippen LogP contribution in [0.15, 0.2) is 24.3 Å². The maximum atomic E-state index is 9.76. The molecule has 0 spiro atoms. The van der Waals surface area contributed by atoms with Crippen LogP contribution >= 0.6 is 0 Å². The Morgan fingerprint density at radius 2 is 1.82 bits per heavy atom. The molecule has 1 N–H and O–H groups in total. The molecular formula is C16H24O. The Morgan fingerprint density at radius 3 is 2.29 bits per heavy atom. The zero-order chi connectivity index (χ0) is 12.4. The molecule has 0 saturated heterocycles. The van der Waals surface area contributed by atoms with Crippen molar-refractivity contribution in [3.05, 3.63) is 35.4 Å². The van der Waals surface area contributed by atoms with Crippen LogP contribution in [0.3, 0.4) is 0 Å². The van der Waals surface area contributed by atoms with Gasteiger partial charge in [0.05, 0.1) is 6.10 Å². The van der Waals surface area contributed by atoms with E-state index in [4.69, 9.17) is 0 Å². The van der Waals surface area contributed by atoms with E-state index >= 15 is 0 Å². The lowest BCUT2D eigenvalue weighted by molar-refractivity contribution is 0.127. The first-order valence-electron chi connectivity index (χ1n) is 6.85. The third-order valence-electron chi connectivity index (χ3n) is 4.33. The normalized spacial score (nSPS) is 28.9. The summed E-state index contributed by atoms with van der Waals surface area (Å²) in [7, 11) is 0. The molecule has 0 heterocycles. The van der Waals surface area contributed by atoms with Crippen LogP contribution in [0.2, 0.25) is 0 Å². The van der Waals surface area contributed by atoms with Crippen LogP contribution in [-0.2, 0) is 6.42 Å². The zero-order valence-corrected chi connectivity index (χ0v) is 11.2. The summed E-state index contributed by atoms with van der Waals surface area (Å²) in [5, 5.41) is 9.76. The smallest absolute Gasteiger partial charge is 0.0568 e. The highest BCUT2D eigenvalue weighted by molar-refractivity contribution is 5.25. The second-order valence-electron chi connectivity index (χ2n) is 5.86. The molecule has 0 aromatic heterocycles. The standard InChI is InChI=1S/C16H24O/c1-11(2)14-6-4-13(5-7-14)10-15-8-9-16(17)12(15)3/h4-7,11-12,15-17H,8-10H2,1-3H3.